The van der Waals surface area contributed by atoms with Crippen molar-refractivity contribution < 1.29 is 14.3 Å². The number of hydrogen-bond donors (Lipinski definition) is 1. The largest absolute Gasteiger partial charge is 0.445 e. The lowest BCUT2D eigenvalue weighted by molar-refractivity contribution is -0.128. The standard InChI is InChI=1S/C14H18N2O3/c1-2-12-13(17)15-8-9-16(12)14(18)19-10-11-6-4-3-5-7-11/h3-7,12H,2,8-10H2,1H3,(H,15,17)/t12-/m0/s1. The van der Waals surface area contributed by atoms with Crippen LogP contribution in [0.2, 0.25) is 0 Å². The maximum atomic E-state index is 12.0. The molecule has 1 aliphatic heterocycles. The summed E-state index contributed by atoms with van der Waals surface area (Å²) in [6.07, 6.45) is 0.164. The number of benzene rings is 1. The fourth-order valence-corrected chi connectivity index (χ4v) is 2.14. The van der Waals surface area contributed by atoms with E-state index in [1.165, 1.54) is 4.90 Å². The van der Waals surface area contributed by atoms with E-state index in [-0.39, 0.29) is 12.5 Å². The lowest BCUT2D eigenvalue weighted by atomic mass is 10.1. The second-order valence-electron chi connectivity index (χ2n) is 4.45. The van der Waals surface area contributed by atoms with E-state index < -0.39 is 12.1 Å². The first-order chi connectivity index (χ1) is 9.22. The predicted octanol–water partition coefficient (Wildman–Crippen LogP) is 1.53. The van der Waals surface area contributed by atoms with Gasteiger partial charge >= 0.3 is 6.09 Å². The average Bonchev–Trinajstić information content (AvgIpc) is 2.45. The molecule has 0 radical (unpaired) electrons. The van der Waals surface area contributed by atoms with Crippen LogP contribution in [-0.2, 0) is 16.1 Å². The van der Waals surface area contributed by atoms with Crippen LogP contribution in [0.5, 0.6) is 0 Å². The second kappa shape index (κ2) is 6.22. The number of carbonyl (C=O) groups is 2. The molecule has 1 saturated heterocycles. The van der Waals surface area contributed by atoms with Crippen LogP contribution in [0.1, 0.15) is 18.9 Å². The van der Waals surface area contributed by atoms with E-state index >= 15 is 0 Å². The fraction of sp³-hybridized carbons (Fsp3) is 0.429. The molecule has 0 aromatic heterocycles. The van der Waals surface area contributed by atoms with Gasteiger partial charge in [0.1, 0.15) is 12.6 Å². The zero-order chi connectivity index (χ0) is 13.7. The molecule has 5 heteroatoms. The van der Waals surface area contributed by atoms with Crippen molar-refractivity contribution in [1.82, 2.24) is 10.2 Å². The van der Waals surface area contributed by atoms with E-state index in [1.807, 2.05) is 37.3 Å². The topological polar surface area (TPSA) is 58.6 Å². The smallest absolute Gasteiger partial charge is 0.410 e. The number of piperazine rings is 1. The zero-order valence-electron chi connectivity index (χ0n) is 11.0. The molecule has 1 aromatic rings. The molecule has 1 N–H and O–H groups in total. The Hall–Kier alpha value is -2.04. The summed E-state index contributed by atoms with van der Waals surface area (Å²) in [5.74, 6) is -0.106. The summed E-state index contributed by atoms with van der Waals surface area (Å²) in [6.45, 7) is 3.09. The zero-order valence-corrected chi connectivity index (χ0v) is 11.0. The van der Waals surface area contributed by atoms with E-state index in [0.29, 0.717) is 19.5 Å². The molecule has 0 spiro atoms. The Morgan fingerprint density at radius 3 is 2.84 bits per heavy atom. The molecule has 1 heterocycles. The molecular weight excluding hydrogens is 244 g/mol. The Morgan fingerprint density at radius 1 is 1.42 bits per heavy atom. The number of amides is 2. The van der Waals surface area contributed by atoms with Crippen LogP contribution in [0.25, 0.3) is 0 Å². The molecule has 0 bridgehead atoms. The van der Waals surface area contributed by atoms with Gasteiger partial charge in [0.15, 0.2) is 0 Å². The van der Waals surface area contributed by atoms with Gasteiger partial charge in [-0.1, -0.05) is 37.3 Å². The number of nitrogens with one attached hydrogen (secondary N) is 1. The molecule has 1 atom stereocenters. The van der Waals surface area contributed by atoms with Gasteiger partial charge in [0, 0.05) is 13.1 Å². The highest BCUT2D eigenvalue weighted by molar-refractivity contribution is 5.86. The van der Waals surface area contributed by atoms with Crippen LogP contribution < -0.4 is 5.32 Å². The molecule has 5 nitrogen and oxygen atoms in total. The third-order valence-electron chi connectivity index (χ3n) is 3.16. The first-order valence-electron chi connectivity index (χ1n) is 6.47. The number of carbonyl (C=O) groups excluding carboxylic acids is 2. The first-order valence-corrected chi connectivity index (χ1v) is 6.47. The Morgan fingerprint density at radius 2 is 2.16 bits per heavy atom. The van der Waals surface area contributed by atoms with Crippen LogP contribution in [0.3, 0.4) is 0 Å². The highest BCUT2D eigenvalue weighted by atomic mass is 16.6. The van der Waals surface area contributed by atoms with Crippen LogP contribution in [0, 0.1) is 0 Å². The van der Waals surface area contributed by atoms with Crippen molar-refractivity contribution in [3.05, 3.63) is 35.9 Å². The van der Waals surface area contributed by atoms with Crippen molar-refractivity contribution in [2.24, 2.45) is 0 Å². The number of ether oxygens (including phenoxy) is 1. The van der Waals surface area contributed by atoms with E-state index in [2.05, 4.69) is 5.32 Å². The lowest BCUT2D eigenvalue weighted by Gasteiger charge is -2.33. The molecule has 1 fully saturated rings. The van der Waals surface area contributed by atoms with Crippen molar-refractivity contribution >= 4 is 12.0 Å². The van der Waals surface area contributed by atoms with Crippen molar-refractivity contribution in [3.63, 3.8) is 0 Å². The molecular formula is C14H18N2O3. The molecule has 1 aliphatic rings. The van der Waals surface area contributed by atoms with E-state index in [4.69, 9.17) is 4.74 Å². The Balaban J connectivity index is 1.93. The Labute approximate surface area is 112 Å². The van der Waals surface area contributed by atoms with Crippen molar-refractivity contribution in [2.75, 3.05) is 13.1 Å². The first kappa shape index (κ1) is 13.4. The Bertz CT molecular complexity index is 447. The van der Waals surface area contributed by atoms with E-state index in [0.717, 1.165) is 5.56 Å². The summed E-state index contributed by atoms with van der Waals surface area (Å²) < 4.78 is 5.25. The highest BCUT2D eigenvalue weighted by Gasteiger charge is 2.32. The molecule has 0 saturated carbocycles. The van der Waals surface area contributed by atoms with Crippen molar-refractivity contribution in [2.45, 2.75) is 26.0 Å². The minimum atomic E-state index is -0.425. The molecule has 0 aliphatic carbocycles. The summed E-state index contributed by atoms with van der Waals surface area (Å²) >= 11 is 0. The van der Waals surface area contributed by atoms with Crippen molar-refractivity contribution in [1.29, 1.82) is 0 Å². The minimum absolute atomic E-state index is 0.106. The van der Waals surface area contributed by atoms with Gasteiger partial charge in [-0.3, -0.25) is 9.69 Å². The van der Waals surface area contributed by atoms with Gasteiger partial charge < -0.3 is 10.1 Å². The maximum Gasteiger partial charge on any atom is 0.410 e. The van der Waals surface area contributed by atoms with Crippen LogP contribution in [0.4, 0.5) is 4.79 Å². The van der Waals surface area contributed by atoms with E-state index in [9.17, 15) is 9.59 Å². The minimum Gasteiger partial charge on any atom is -0.445 e. The predicted molar refractivity (Wildman–Crippen MR) is 70.4 cm³/mol. The summed E-state index contributed by atoms with van der Waals surface area (Å²) in [6, 6.07) is 9.07. The quantitative estimate of drug-likeness (QED) is 0.898. The number of nitrogens with zero attached hydrogens (tertiary/aromatic N) is 1. The van der Waals surface area contributed by atoms with Gasteiger partial charge in [-0.2, -0.15) is 0 Å². The highest BCUT2D eigenvalue weighted by Crippen LogP contribution is 2.11. The average molecular weight is 262 g/mol. The third-order valence-corrected chi connectivity index (χ3v) is 3.16. The van der Waals surface area contributed by atoms with Crippen molar-refractivity contribution in [3.8, 4) is 0 Å². The molecule has 19 heavy (non-hydrogen) atoms. The van der Waals surface area contributed by atoms with Crippen LogP contribution in [-0.4, -0.2) is 36.0 Å². The van der Waals surface area contributed by atoms with Crippen LogP contribution in [0.15, 0.2) is 30.3 Å². The molecule has 2 amide bonds. The number of hydrogen-bond acceptors (Lipinski definition) is 3. The lowest BCUT2D eigenvalue weighted by Crippen LogP contribution is -2.56. The third kappa shape index (κ3) is 3.24. The normalized spacial score (nSPS) is 18.9. The molecule has 1 aromatic carbocycles. The fourth-order valence-electron chi connectivity index (χ4n) is 2.14. The SMILES string of the molecule is CC[C@H]1C(=O)NCCN1C(=O)OCc1ccccc1. The van der Waals surface area contributed by atoms with E-state index in [1.54, 1.807) is 0 Å². The van der Waals surface area contributed by atoms with Gasteiger partial charge in [0.2, 0.25) is 5.91 Å². The summed E-state index contributed by atoms with van der Waals surface area (Å²) in [7, 11) is 0. The summed E-state index contributed by atoms with van der Waals surface area (Å²) in [5.41, 5.74) is 0.936. The molecule has 102 valence electrons. The van der Waals surface area contributed by atoms with Crippen LogP contribution >= 0.6 is 0 Å². The summed E-state index contributed by atoms with van der Waals surface area (Å²) in [5, 5.41) is 2.75. The second-order valence-corrected chi connectivity index (χ2v) is 4.45. The maximum absolute atomic E-state index is 12.0. The van der Waals surface area contributed by atoms with Gasteiger partial charge in [-0.25, -0.2) is 4.79 Å². The monoisotopic (exact) mass is 262 g/mol. The number of rotatable bonds is 3. The van der Waals surface area contributed by atoms with Gasteiger partial charge in [-0.15, -0.1) is 0 Å². The summed E-state index contributed by atoms with van der Waals surface area (Å²) in [4.78, 5) is 25.2. The van der Waals surface area contributed by atoms with Gasteiger partial charge in [-0.05, 0) is 12.0 Å². The molecule has 2 rings (SSSR count). The van der Waals surface area contributed by atoms with Gasteiger partial charge in [0.25, 0.3) is 0 Å². The Kier molecular flexibility index (Phi) is 4.39. The van der Waals surface area contributed by atoms with Gasteiger partial charge in [0.05, 0.1) is 0 Å². The molecule has 0 unspecified atom stereocenters.